The molecule has 5 heteroatoms. The van der Waals surface area contributed by atoms with E-state index in [1.807, 2.05) is 18.5 Å². The van der Waals surface area contributed by atoms with Crippen molar-refractivity contribution >= 4 is 27.5 Å². The van der Waals surface area contributed by atoms with E-state index in [2.05, 4.69) is 66.0 Å². The molecule has 132 valence electrons. The van der Waals surface area contributed by atoms with Gasteiger partial charge in [-0.3, -0.25) is 0 Å². The van der Waals surface area contributed by atoms with Crippen molar-refractivity contribution in [3.8, 4) is 22.4 Å². The predicted octanol–water partition coefficient (Wildman–Crippen LogP) is 5.51. The van der Waals surface area contributed by atoms with E-state index in [1.54, 1.807) is 11.3 Å². The smallest absolute Gasteiger partial charge is 0.186 e. The number of anilines is 1. The van der Waals surface area contributed by atoms with Gasteiger partial charge in [0.05, 0.1) is 5.69 Å². The fourth-order valence-electron chi connectivity index (χ4n) is 3.25. The second kappa shape index (κ2) is 6.92. The first-order chi connectivity index (χ1) is 12.7. The Labute approximate surface area is 157 Å². The van der Waals surface area contributed by atoms with Crippen LogP contribution in [0.15, 0.2) is 48.8 Å². The molecule has 1 aromatic carbocycles. The van der Waals surface area contributed by atoms with Crippen LogP contribution in [0.5, 0.6) is 0 Å². The van der Waals surface area contributed by atoms with Crippen LogP contribution in [0.3, 0.4) is 0 Å². The molecule has 1 N–H and O–H groups in total. The first kappa shape index (κ1) is 16.8. The SMILES string of the molecule is CCN(CC)c1nc(-c2c[nH]c3ncc(-c4ccccc4)cc23)c(C)s1. The van der Waals surface area contributed by atoms with E-state index in [9.17, 15) is 0 Å². The molecule has 0 saturated heterocycles. The number of nitrogens with zero attached hydrogens (tertiary/aromatic N) is 3. The number of aromatic amines is 1. The Morgan fingerprint density at radius 2 is 1.85 bits per heavy atom. The summed E-state index contributed by atoms with van der Waals surface area (Å²) in [4.78, 5) is 16.4. The molecule has 0 atom stereocenters. The molecular weight excluding hydrogens is 340 g/mol. The molecule has 3 heterocycles. The highest BCUT2D eigenvalue weighted by Gasteiger charge is 2.17. The van der Waals surface area contributed by atoms with E-state index in [-0.39, 0.29) is 0 Å². The fraction of sp³-hybridized carbons (Fsp3) is 0.238. The summed E-state index contributed by atoms with van der Waals surface area (Å²) in [5, 5.41) is 2.20. The summed E-state index contributed by atoms with van der Waals surface area (Å²) in [5.41, 5.74) is 5.37. The molecule has 3 aromatic heterocycles. The Hall–Kier alpha value is -2.66. The predicted molar refractivity (Wildman–Crippen MR) is 111 cm³/mol. The maximum atomic E-state index is 4.94. The largest absolute Gasteiger partial charge is 0.349 e. The average Bonchev–Trinajstić information content (AvgIpc) is 3.26. The standard InChI is InChI=1S/C21H22N4S/c1-4-25(5-2)21-24-19(14(3)26-21)18-13-23-20-17(18)11-16(12-22-20)15-9-7-6-8-10-15/h6-13H,4-5H2,1-3H3,(H,22,23). The zero-order valence-electron chi connectivity index (χ0n) is 15.3. The highest BCUT2D eigenvalue weighted by atomic mass is 32.1. The maximum absolute atomic E-state index is 4.94. The number of pyridine rings is 1. The van der Waals surface area contributed by atoms with Gasteiger partial charge in [0.25, 0.3) is 0 Å². The van der Waals surface area contributed by atoms with Gasteiger partial charge in [0, 0.05) is 46.9 Å². The van der Waals surface area contributed by atoms with E-state index in [0.29, 0.717) is 0 Å². The van der Waals surface area contributed by atoms with Crippen molar-refractivity contribution in [2.45, 2.75) is 20.8 Å². The monoisotopic (exact) mass is 362 g/mol. The minimum atomic E-state index is 0.900. The number of thiazole rings is 1. The molecule has 0 aliphatic heterocycles. The summed E-state index contributed by atoms with van der Waals surface area (Å²) < 4.78 is 0. The summed E-state index contributed by atoms with van der Waals surface area (Å²) in [6, 6.07) is 12.6. The van der Waals surface area contributed by atoms with Crippen molar-refractivity contribution in [1.82, 2.24) is 15.0 Å². The third kappa shape index (κ3) is 2.88. The van der Waals surface area contributed by atoms with Gasteiger partial charge in [-0.25, -0.2) is 9.97 Å². The third-order valence-electron chi connectivity index (χ3n) is 4.71. The topological polar surface area (TPSA) is 44.8 Å². The summed E-state index contributed by atoms with van der Waals surface area (Å²) >= 11 is 1.76. The van der Waals surface area contributed by atoms with E-state index >= 15 is 0 Å². The summed E-state index contributed by atoms with van der Waals surface area (Å²) in [6.45, 7) is 8.42. The zero-order valence-corrected chi connectivity index (χ0v) is 16.1. The summed E-state index contributed by atoms with van der Waals surface area (Å²) in [7, 11) is 0. The molecule has 4 rings (SSSR count). The van der Waals surface area contributed by atoms with Gasteiger partial charge in [0.1, 0.15) is 5.65 Å². The Morgan fingerprint density at radius 1 is 1.08 bits per heavy atom. The van der Waals surface area contributed by atoms with Crippen LogP contribution in [0.4, 0.5) is 5.13 Å². The Kier molecular flexibility index (Phi) is 4.47. The molecule has 0 fully saturated rings. The van der Waals surface area contributed by atoms with Crippen LogP contribution in [-0.2, 0) is 0 Å². The first-order valence-electron chi connectivity index (χ1n) is 8.96. The van der Waals surface area contributed by atoms with Gasteiger partial charge in [0.2, 0.25) is 0 Å². The Balaban J connectivity index is 1.82. The van der Waals surface area contributed by atoms with Gasteiger partial charge in [-0.05, 0) is 32.4 Å². The number of hydrogen-bond acceptors (Lipinski definition) is 4. The molecule has 4 aromatic rings. The quantitative estimate of drug-likeness (QED) is 0.509. The average molecular weight is 363 g/mol. The number of aryl methyl sites for hydroxylation is 1. The van der Waals surface area contributed by atoms with Crippen LogP contribution in [0.25, 0.3) is 33.4 Å². The van der Waals surface area contributed by atoms with Crippen LogP contribution >= 0.6 is 11.3 Å². The minimum Gasteiger partial charge on any atom is -0.349 e. The van der Waals surface area contributed by atoms with Crippen LogP contribution < -0.4 is 4.90 Å². The second-order valence-electron chi connectivity index (χ2n) is 6.26. The number of rotatable bonds is 5. The van der Waals surface area contributed by atoms with Crippen LogP contribution in [0.1, 0.15) is 18.7 Å². The van der Waals surface area contributed by atoms with Crippen molar-refractivity contribution < 1.29 is 0 Å². The number of benzene rings is 1. The minimum absolute atomic E-state index is 0.900. The molecule has 0 bridgehead atoms. The third-order valence-corrected chi connectivity index (χ3v) is 5.74. The molecule has 0 aliphatic rings. The van der Waals surface area contributed by atoms with Crippen molar-refractivity contribution in [3.63, 3.8) is 0 Å². The van der Waals surface area contributed by atoms with Gasteiger partial charge in [-0.1, -0.05) is 30.3 Å². The molecule has 0 aliphatic carbocycles. The molecular formula is C21H22N4S. The fourth-order valence-corrected chi connectivity index (χ4v) is 4.30. The lowest BCUT2D eigenvalue weighted by Crippen LogP contribution is -2.21. The lowest BCUT2D eigenvalue weighted by atomic mass is 10.0. The Bertz CT molecular complexity index is 1030. The summed E-state index contributed by atoms with van der Waals surface area (Å²) in [5.74, 6) is 0. The molecule has 4 nitrogen and oxygen atoms in total. The number of aromatic nitrogens is 3. The highest BCUT2D eigenvalue weighted by molar-refractivity contribution is 7.16. The Morgan fingerprint density at radius 3 is 2.58 bits per heavy atom. The lowest BCUT2D eigenvalue weighted by molar-refractivity contribution is 0.860. The van der Waals surface area contributed by atoms with Crippen LogP contribution in [0.2, 0.25) is 0 Å². The molecule has 0 saturated carbocycles. The second-order valence-corrected chi connectivity index (χ2v) is 7.44. The van der Waals surface area contributed by atoms with Crippen molar-refractivity contribution in [1.29, 1.82) is 0 Å². The molecule has 26 heavy (non-hydrogen) atoms. The molecule has 0 unspecified atom stereocenters. The van der Waals surface area contributed by atoms with Gasteiger partial charge in [-0.2, -0.15) is 0 Å². The van der Waals surface area contributed by atoms with Crippen LogP contribution in [0, 0.1) is 6.92 Å². The maximum Gasteiger partial charge on any atom is 0.186 e. The number of hydrogen-bond donors (Lipinski definition) is 1. The van der Waals surface area contributed by atoms with Crippen molar-refractivity contribution in [2.75, 3.05) is 18.0 Å². The molecule has 0 radical (unpaired) electrons. The van der Waals surface area contributed by atoms with Crippen molar-refractivity contribution in [3.05, 3.63) is 53.7 Å². The van der Waals surface area contributed by atoms with E-state index in [4.69, 9.17) is 4.98 Å². The van der Waals surface area contributed by atoms with E-state index in [1.165, 1.54) is 10.4 Å². The number of H-pyrrole nitrogens is 1. The number of nitrogens with one attached hydrogen (secondary N) is 1. The van der Waals surface area contributed by atoms with Gasteiger partial charge >= 0.3 is 0 Å². The van der Waals surface area contributed by atoms with Crippen molar-refractivity contribution in [2.24, 2.45) is 0 Å². The molecule has 0 amide bonds. The van der Waals surface area contributed by atoms with Gasteiger partial charge in [-0.15, -0.1) is 11.3 Å². The zero-order chi connectivity index (χ0) is 18.1. The number of fused-ring (bicyclic) bond motifs is 1. The van der Waals surface area contributed by atoms with Gasteiger partial charge < -0.3 is 9.88 Å². The van der Waals surface area contributed by atoms with Gasteiger partial charge in [0.15, 0.2) is 5.13 Å². The van der Waals surface area contributed by atoms with E-state index in [0.717, 1.165) is 46.1 Å². The lowest BCUT2D eigenvalue weighted by Gasteiger charge is -2.16. The highest BCUT2D eigenvalue weighted by Crippen LogP contribution is 2.36. The first-order valence-corrected chi connectivity index (χ1v) is 9.78. The summed E-state index contributed by atoms with van der Waals surface area (Å²) in [6.07, 6.45) is 3.95. The normalized spacial score (nSPS) is 11.2. The van der Waals surface area contributed by atoms with E-state index < -0.39 is 0 Å². The van der Waals surface area contributed by atoms with Crippen LogP contribution in [-0.4, -0.2) is 28.0 Å². The molecule has 0 spiro atoms.